The number of pyridine rings is 1. The van der Waals surface area contributed by atoms with Crippen molar-refractivity contribution in [1.82, 2.24) is 4.57 Å². The van der Waals surface area contributed by atoms with E-state index in [4.69, 9.17) is 19.9 Å². The predicted molar refractivity (Wildman–Crippen MR) is 126 cm³/mol. The molecule has 8 nitrogen and oxygen atoms in total. The standard InChI is InChI=1S/C25H32N4O4/c1-6-28(7-2)12-9-13-29-16(3)14-20-22(25(29)30)21(18(15-26)24(27)33-20)17-10-8-11-19(31-4)23(17)32-5/h8,10-11,14,21H,6-7,9,12-13,27H2,1-5H3/p+1/t21-/m1/s1. The maximum atomic E-state index is 13.8. The lowest BCUT2D eigenvalue weighted by atomic mass is 9.83. The lowest BCUT2D eigenvalue weighted by molar-refractivity contribution is -0.896. The zero-order valence-corrected chi connectivity index (χ0v) is 20.0. The van der Waals surface area contributed by atoms with E-state index in [1.807, 2.05) is 19.1 Å². The Balaban J connectivity index is 2.16. The molecule has 0 aliphatic carbocycles. The van der Waals surface area contributed by atoms with Crippen LogP contribution in [-0.2, 0) is 6.54 Å². The summed E-state index contributed by atoms with van der Waals surface area (Å²) >= 11 is 0. The molecular formula is C25H33N4O4+. The molecule has 3 N–H and O–H groups in total. The first-order valence-corrected chi connectivity index (χ1v) is 11.3. The number of ether oxygens (including phenoxy) is 3. The molecule has 33 heavy (non-hydrogen) atoms. The van der Waals surface area contributed by atoms with Gasteiger partial charge in [0.25, 0.3) is 5.56 Å². The minimum Gasteiger partial charge on any atom is -0.493 e. The van der Waals surface area contributed by atoms with Gasteiger partial charge < -0.3 is 29.4 Å². The Hall–Kier alpha value is -3.44. The lowest BCUT2D eigenvalue weighted by Crippen LogP contribution is -3.11. The van der Waals surface area contributed by atoms with Crippen LogP contribution >= 0.6 is 0 Å². The number of benzene rings is 1. The molecular weight excluding hydrogens is 420 g/mol. The first-order chi connectivity index (χ1) is 15.9. The quantitative estimate of drug-likeness (QED) is 0.599. The number of nitrogens with one attached hydrogen (secondary N) is 1. The first kappa shape index (κ1) is 24.2. The monoisotopic (exact) mass is 453 g/mol. The van der Waals surface area contributed by atoms with Gasteiger partial charge in [-0.25, -0.2) is 0 Å². The normalized spacial score (nSPS) is 15.1. The molecule has 1 aliphatic heterocycles. The topological polar surface area (TPSA) is 104 Å². The third-order valence-corrected chi connectivity index (χ3v) is 6.35. The Labute approximate surface area is 194 Å². The van der Waals surface area contributed by atoms with E-state index in [2.05, 4.69) is 19.9 Å². The second kappa shape index (κ2) is 10.5. The number of hydrogen-bond donors (Lipinski definition) is 2. The third-order valence-electron chi connectivity index (χ3n) is 6.35. The summed E-state index contributed by atoms with van der Waals surface area (Å²) in [5.74, 6) is 0.594. The van der Waals surface area contributed by atoms with E-state index < -0.39 is 5.92 Å². The predicted octanol–water partition coefficient (Wildman–Crippen LogP) is 1.71. The Kier molecular flexibility index (Phi) is 7.67. The Morgan fingerprint density at radius 2 is 1.97 bits per heavy atom. The molecule has 0 amide bonds. The molecule has 8 heteroatoms. The molecule has 1 aliphatic rings. The van der Waals surface area contributed by atoms with Crippen LogP contribution in [0.3, 0.4) is 0 Å². The van der Waals surface area contributed by atoms with Crippen LogP contribution in [0, 0.1) is 18.3 Å². The average Bonchev–Trinajstić information content (AvgIpc) is 2.82. The van der Waals surface area contributed by atoms with Crippen molar-refractivity contribution >= 4 is 0 Å². The van der Waals surface area contributed by atoms with E-state index in [9.17, 15) is 10.1 Å². The van der Waals surface area contributed by atoms with Gasteiger partial charge in [0, 0.05) is 30.3 Å². The minimum absolute atomic E-state index is 0.0124. The van der Waals surface area contributed by atoms with E-state index in [0.29, 0.717) is 34.9 Å². The van der Waals surface area contributed by atoms with Crippen molar-refractivity contribution in [3.63, 3.8) is 0 Å². The van der Waals surface area contributed by atoms with Crippen LogP contribution in [0.2, 0.25) is 0 Å². The van der Waals surface area contributed by atoms with Crippen LogP contribution in [0.4, 0.5) is 0 Å². The molecule has 0 unspecified atom stereocenters. The number of fused-ring (bicyclic) bond motifs is 1. The lowest BCUT2D eigenvalue weighted by Gasteiger charge is -2.28. The molecule has 1 aromatic carbocycles. The molecule has 0 saturated carbocycles. The van der Waals surface area contributed by atoms with Crippen molar-refractivity contribution in [3.05, 3.63) is 62.9 Å². The van der Waals surface area contributed by atoms with Gasteiger partial charge in [0.15, 0.2) is 11.5 Å². The SMILES string of the molecule is CC[NH+](CC)CCCn1c(C)cc2c(c1=O)[C@H](c1cccc(OC)c1OC)C(C#N)=C(N)O2. The summed E-state index contributed by atoms with van der Waals surface area (Å²) in [6.07, 6.45) is 0.869. The summed E-state index contributed by atoms with van der Waals surface area (Å²) in [6.45, 7) is 9.89. The van der Waals surface area contributed by atoms with Crippen molar-refractivity contribution in [2.24, 2.45) is 5.73 Å². The Bertz CT molecular complexity index is 1140. The van der Waals surface area contributed by atoms with Crippen LogP contribution < -0.4 is 30.4 Å². The van der Waals surface area contributed by atoms with Crippen LogP contribution in [-0.4, -0.2) is 38.4 Å². The molecule has 1 aromatic heterocycles. The highest BCUT2D eigenvalue weighted by Crippen LogP contribution is 2.46. The number of methoxy groups -OCH3 is 2. The van der Waals surface area contributed by atoms with Gasteiger partial charge in [0.1, 0.15) is 17.4 Å². The number of aromatic nitrogens is 1. The summed E-state index contributed by atoms with van der Waals surface area (Å²) in [4.78, 5) is 15.3. The molecule has 2 aromatic rings. The molecule has 0 fully saturated rings. The van der Waals surface area contributed by atoms with Crippen molar-refractivity contribution < 1.29 is 19.1 Å². The summed E-state index contributed by atoms with van der Waals surface area (Å²) in [5, 5.41) is 9.93. The average molecular weight is 454 g/mol. The zero-order chi connectivity index (χ0) is 24.1. The van der Waals surface area contributed by atoms with Crippen LogP contribution in [0.25, 0.3) is 0 Å². The number of para-hydroxylation sites is 1. The van der Waals surface area contributed by atoms with Gasteiger partial charge in [-0.1, -0.05) is 12.1 Å². The van der Waals surface area contributed by atoms with Gasteiger partial charge in [0.2, 0.25) is 5.88 Å². The first-order valence-electron chi connectivity index (χ1n) is 11.3. The highest BCUT2D eigenvalue weighted by molar-refractivity contribution is 5.60. The number of aryl methyl sites for hydroxylation is 1. The van der Waals surface area contributed by atoms with Gasteiger partial charge in [-0.3, -0.25) is 4.79 Å². The van der Waals surface area contributed by atoms with Crippen molar-refractivity contribution in [2.45, 2.75) is 39.7 Å². The van der Waals surface area contributed by atoms with E-state index in [1.165, 1.54) is 12.0 Å². The molecule has 3 rings (SSSR count). The number of quaternary nitrogens is 1. The molecule has 0 spiro atoms. The van der Waals surface area contributed by atoms with Crippen molar-refractivity contribution in [2.75, 3.05) is 33.9 Å². The van der Waals surface area contributed by atoms with Gasteiger partial charge in [0.05, 0.1) is 45.3 Å². The summed E-state index contributed by atoms with van der Waals surface area (Å²) in [6, 6.07) is 9.36. The highest BCUT2D eigenvalue weighted by Gasteiger charge is 2.36. The summed E-state index contributed by atoms with van der Waals surface area (Å²) in [7, 11) is 3.08. The summed E-state index contributed by atoms with van der Waals surface area (Å²) < 4.78 is 18.6. The van der Waals surface area contributed by atoms with Gasteiger partial charge >= 0.3 is 0 Å². The van der Waals surface area contributed by atoms with E-state index in [-0.39, 0.29) is 17.0 Å². The minimum atomic E-state index is -0.725. The van der Waals surface area contributed by atoms with E-state index in [0.717, 1.165) is 31.7 Å². The van der Waals surface area contributed by atoms with Crippen LogP contribution in [0.5, 0.6) is 17.2 Å². The number of nitrogens with zero attached hydrogens (tertiary/aromatic N) is 2. The largest absolute Gasteiger partial charge is 0.493 e. The number of nitrogens with two attached hydrogens (primary N) is 1. The summed E-state index contributed by atoms with van der Waals surface area (Å²) in [5.41, 5.74) is 7.92. The smallest absolute Gasteiger partial charge is 0.258 e. The molecule has 0 radical (unpaired) electrons. The molecule has 176 valence electrons. The second-order valence-electron chi connectivity index (χ2n) is 8.09. The molecule has 0 bridgehead atoms. The van der Waals surface area contributed by atoms with Crippen molar-refractivity contribution in [1.29, 1.82) is 5.26 Å². The number of rotatable bonds is 9. The van der Waals surface area contributed by atoms with Gasteiger partial charge in [-0.05, 0) is 26.8 Å². The maximum Gasteiger partial charge on any atom is 0.258 e. The Morgan fingerprint density at radius 1 is 1.24 bits per heavy atom. The molecule has 1 atom stereocenters. The van der Waals surface area contributed by atoms with Crippen molar-refractivity contribution in [3.8, 4) is 23.3 Å². The van der Waals surface area contributed by atoms with Gasteiger partial charge in [-0.2, -0.15) is 5.26 Å². The van der Waals surface area contributed by atoms with E-state index >= 15 is 0 Å². The third kappa shape index (κ3) is 4.55. The fourth-order valence-corrected chi connectivity index (χ4v) is 4.51. The molecule has 0 saturated heterocycles. The molecule has 2 heterocycles. The fraction of sp³-hybridized carbons (Fsp3) is 0.440. The second-order valence-corrected chi connectivity index (χ2v) is 8.09. The zero-order valence-electron chi connectivity index (χ0n) is 20.0. The highest BCUT2D eigenvalue weighted by atomic mass is 16.5. The number of allylic oxidation sites excluding steroid dienone is 1. The number of nitriles is 1. The van der Waals surface area contributed by atoms with E-state index in [1.54, 1.807) is 23.8 Å². The Morgan fingerprint density at radius 3 is 2.58 bits per heavy atom. The van der Waals surface area contributed by atoms with Crippen LogP contribution in [0.15, 0.2) is 40.5 Å². The number of hydrogen-bond acceptors (Lipinski definition) is 6. The van der Waals surface area contributed by atoms with Crippen LogP contribution in [0.1, 0.15) is 43.0 Å². The van der Waals surface area contributed by atoms with Gasteiger partial charge in [-0.15, -0.1) is 0 Å². The maximum absolute atomic E-state index is 13.8. The fourth-order valence-electron chi connectivity index (χ4n) is 4.51.